The Morgan fingerprint density at radius 3 is 1.56 bits per heavy atom. The van der Waals surface area contributed by atoms with Crippen LogP contribution >= 0.6 is 19.4 Å². The molecule has 0 radical (unpaired) electrons. The number of hydrogen-bond donors (Lipinski definition) is 0. The van der Waals surface area contributed by atoms with Gasteiger partial charge in [0.05, 0.1) is 11.4 Å². The van der Waals surface area contributed by atoms with Crippen molar-refractivity contribution in [3.8, 4) is 11.4 Å². The van der Waals surface area contributed by atoms with Crippen LogP contribution in [0.1, 0.15) is 6.92 Å². The predicted octanol–water partition coefficient (Wildman–Crippen LogP) is 4.33. The number of nitrogens with zero attached hydrogens (tertiary/aromatic N) is 2. The zero-order valence-corrected chi connectivity index (χ0v) is 13.5. The second-order valence-corrected chi connectivity index (χ2v) is 9.07. The van der Waals surface area contributed by atoms with Gasteiger partial charge in [0.25, 0.3) is 0 Å². The van der Waals surface area contributed by atoms with Crippen LogP contribution in [0.2, 0.25) is 0 Å². The van der Waals surface area contributed by atoms with Crippen molar-refractivity contribution in [1.29, 1.82) is 0 Å². The van der Waals surface area contributed by atoms with Crippen LogP contribution in [0.3, 0.4) is 0 Å². The summed E-state index contributed by atoms with van der Waals surface area (Å²) in [5.74, 6) is 0. The van der Waals surface area contributed by atoms with E-state index in [0.717, 1.165) is 11.4 Å². The first kappa shape index (κ1) is 17.4. The Bertz CT molecular complexity index is 419. The molecule has 0 bridgehead atoms. The molecule has 2 rings (SSSR count). The number of pyridine rings is 2. The van der Waals surface area contributed by atoms with E-state index in [1.807, 2.05) is 47.9 Å². The molecule has 0 unspecified atom stereocenters. The van der Waals surface area contributed by atoms with Crippen LogP contribution in [-0.2, 0) is 13.5 Å². The van der Waals surface area contributed by atoms with Crippen molar-refractivity contribution in [2.45, 2.75) is 6.92 Å². The van der Waals surface area contributed by atoms with Crippen molar-refractivity contribution in [3.05, 3.63) is 56.2 Å². The van der Waals surface area contributed by atoms with E-state index < -0.39 is 13.5 Å². The van der Waals surface area contributed by atoms with E-state index in [2.05, 4.69) is 9.97 Å². The largest absolute Gasteiger partial charge is 0.358 e. The number of halogens is 2. The van der Waals surface area contributed by atoms with Crippen LogP contribution in [0.4, 0.5) is 0 Å². The summed E-state index contributed by atoms with van der Waals surface area (Å²) in [5.41, 5.74) is 1.83. The summed E-state index contributed by atoms with van der Waals surface area (Å²) in [6.07, 6.45) is 3.54. The molecule has 0 spiro atoms. The van der Waals surface area contributed by atoms with Gasteiger partial charge in [0, 0.05) is 12.4 Å². The molecule has 18 heavy (non-hydrogen) atoms. The van der Waals surface area contributed by atoms with E-state index in [1.165, 1.54) is 0 Å². The molecule has 2 heterocycles. The van der Waals surface area contributed by atoms with Crippen molar-refractivity contribution < 1.29 is 13.5 Å². The molecule has 0 aliphatic rings. The standard InChI is InChI=1S/C10H8N2.C2H4.CH3.2ClH.Ru/c1-3-7-11-9(5-1)10-6-2-4-8-12-10;1-2;;;;/h1-8H;1H,2H3;1H3;2*1H;/q;;-1;;;+2/p-2. The molecule has 2 aromatic heterocycles. The minimum absolute atomic E-state index is 0. The summed E-state index contributed by atoms with van der Waals surface area (Å²) in [6.45, 7) is 1.87. The normalized spacial score (nSPS) is 9.39. The third-order valence-corrected chi connectivity index (χ3v) is 4.33. The number of rotatable bonds is 1. The number of aromatic nitrogens is 2. The van der Waals surface area contributed by atoms with E-state index in [1.54, 1.807) is 12.4 Å². The van der Waals surface area contributed by atoms with Gasteiger partial charge >= 0.3 is 44.4 Å². The molecule has 0 saturated carbocycles. The summed E-state index contributed by atoms with van der Waals surface area (Å²) in [4.78, 5) is 8.37. The molecular weight excluding hydrogens is 356 g/mol. The van der Waals surface area contributed by atoms with Gasteiger partial charge in [-0.3, -0.25) is 9.97 Å². The Morgan fingerprint density at radius 2 is 1.33 bits per heavy atom. The van der Waals surface area contributed by atoms with Crippen LogP contribution in [0.15, 0.2) is 48.8 Å². The second kappa shape index (κ2) is 10.3. The fourth-order valence-corrected chi connectivity index (χ4v) is 1.03. The zero-order valence-electron chi connectivity index (χ0n) is 10.2. The maximum Gasteiger partial charge on any atom is 0.0886 e. The van der Waals surface area contributed by atoms with Gasteiger partial charge < -0.3 is 7.43 Å². The third-order valence-electron chi connectivity index (χ3n) is 1.75. The Kier molecular flexibility index (Phi) is 9.95. The van der Waals surface area contributed by atoms with E-state index in [0.29, 0.717) is 0 Å². The average Bonchev–Trinajstić information content (AvgIpc) is 2.41. The molecule has 5 heteroatoms. The van der Waals surface area contributed by atoms with Crippen LogP contribution in [0, 0.1) is 7.43 Å². The summed E-state index contributed by atoms with van der Waals surface area (Å²) < 4.78 is 1.84. The molecular formula is C13H15Cl2N2Ru-. The molecule has 0 aliphatic heterocycles. The number of hydrogen-bond acceptors (Lipinski definition) is 2. The monoisotopic (exact) mass is 371 g/mol. The minimum atomic E-state index is -1.36. The molecule has 2 nitrogen and oxygen atoms in total. The van der Waals surface area contributed by atoms with E-state index in [4.69, 9.17) is 19.4 Å². The topological polar surface area (TPSA) is 25.8 Å². The van der Waals surface area contributed by atoms with Crippen molar-refractivity contribution in [2.75, 3.05) is 0 Å². The first-order valence-corrected chi connectivity index (χ1v) is 10.3. The molecule has 0 N–H and O–H groups in total. The molecule has 0 saturated heterocycles. The third kappa shape index (κ3) is 6.95. The molecule has 0 amide bonds. The van der Waals surface area contributed by atoms with Crippen LogP contribution in [-0.4, -0.2) is 14.6 Å². The van der Waals surface area contributed by atoms with Gasteiger partial charge in [-0.05, 0) is 24.3 Å². The Hall–Kier alpha value is -0.627. The molecule has 0 aromatic carbocycles. The first-order chi connectivity index (χ1) is 8.24. The van der Waals surface area contributed by atoms with Gasteiger partial charge in [-0.2, -0.15) is 0 Å². The van der Waals surface area contributed by atoms with Gasteiger partial charge in [0.2, 0.25) is 0 Å². The van der Waals surface area contributed by atoms with Gasteiger partial charge in [0.15, 0.2) is 0 Å². The quantitative estimate of drug-likeness (QED) is 0.551. The van der Waals surface area contributed by atoms with Gasteiger partial charge in [-0.25, -0.2) is 0 Å². The molecule has 2 aromatic rings. The van der Waals surface area contributed by atoms with Gasteiger partial charge in [-0.15, -0.1) is 0 Å². The maximum absolute atomic E-state index is 5.32. The Labute approximate surface area is 122 Å². The zero-order chi connectivity index (χ0) is 12.5. The van der Waals surface area contributed by atoms with Crippen molar-refractivity contribution in [3.63, 3.8) is 0 Å². The first-order valence-electron chi connectivity index (χ1n) is 4.84. The summed E-state index contributed by atoms with van der Waals surface area (Å²) >= 11 is -1.36. The van der Waals surface area contributed by atoms with Crippen LogP contribution in [0.5, 0.6) is 0 Å². The molecule has 0 aliphatic carbocycles. The van der Waals surface area contributed by atoms with Gasteiger partial charge in [-0.1, -0.05) is 12.1 Å². The van der Waals surface area contributed by atoms with E-state index in [9.17, 15) is 0 Å². The van der Waals surface area contributed by atoms with Crippen molar-refractivity contribution in [1.82, 2.24) is 9.97 Å². The fourth-order valence-electron chi connectivity index (χ4n) is 1.03. The predicted molar refractivity (Wildman–Crippen MR) is 77.3 cm³/mol. The van der Waals surface area contributed by atoms with Crippen LogP contribution in [0.25, 0.3) is 11.4 Å². The van der Waals surface area contributed by atoms with E-state index >= 15 is 0 Å². The summed E-state index contributed by atoms with van der Waals surface area (Å²) in [7, 11) is 10.6. The molecule has 0 atom stereocenters. The average molecular weight is 371 g/mol. The Balaban J connectivity index is 0.000000421. The van der Waals surface area contributed by atoms with Gasteiger partial charge in [0.1, 0.15) is 0 Å². The second-order valence-electron chi connectivity index (χ2n) is 2.84. The summed E-state index contributed by atoms with van der Waals surface area (Å²) in [5, 5.41) is 0. The SMILES string of the molecule is C[CH]=[Ru]([Cl])[Cl].[CH3-].c1ccc(-c2ccccn2)nc1. The van der Waals surface area contributed by atoms with E-state index in [-0.39, 0.29) is 7.43 Å². The maximum atomic E-state index is 5.32. The summed E-state index contributed by atoms with van der Waals surface area (Å²) in [6, 6.07) is 11.6. The fraction of sp³-hybridized carbons (Fsp3) is 0.0769. The smallest absolute Gasteiger partial charge is 0.0886 e. The van der Waals surface area contributed by atoms with Crippen molar-refractivity contribution >= 4 is 24.0 Å². The Morgan fingerprint density at radius 1 is 0.944 bits per heavy atom. The molecule has 100 valence electrons. The van der Waals surface area contributed by atoms with Crippen LogP contribution < -0.4 is 0 Å². The minimum Gasteiger partial charge on any atom is -0.358 e. The molecule has 0 fully saturated rings. The van der Waals surface area contributed by atoms with Crippen molar-refractivity contribution in [2.24, 2.45) is 0 Å².